The van der Waals surface area contributed by atoms with E-state index in [9.17, 15) is 0 Å². The quantitative estimate of drug-likeness (QED) is 0.366. The Morgan fingerprint density at radius 3 is 0.667 bits per heavy atom. The first kappa shape index (κ1) is 161. The zero-order chi connectivity index (χ0) is 0. The SMILES string of the molecule is N.[Cu+2].[Na+].[OH-].[OH-].[OH-]. The number of hydrogen-bond acceptors (Lipinski definition) is 4. The topological polar surface area (TPSA) is 125 Å². The molecule has 41 valence electrons. The van der Waals surface area contributed by atoms with Gasteiger partial charge in [-0.3, -0.25) is 0 Å². The molecule has 0 rings (SSSR count). The van der Waals surface area contributed by atoms with Crippen molar-refractivity contribution in [1.29, 1.82) is 0 Å². The Hall–Kier alpha value is 1.36. The van der Waals surface area contributed by atoms with Gasteiger partial charge in [-0.05, 0) is 0 Å². The molecule has 0 amide bonds. The Labute approximate surface area is 69.0 Å². The third kappa shape index (κ3) is 55.1. The molecule has 0 heterocycles. The molecule has 0 aromatic carbocycles. The van der Waals surface area contributed by atoms with Crippen LogP contribution in [-0.2, 0) is 17.1 Å². The molecule has 6 heavy (non-hydrogen) atoms. The summed E-state index contributed by atoms with van der Waals surface area (Å²) in [5, 5.41) is 0. The summed E-state index contributed by atoms with van der Waals surface area (Å²) in [6.45, 7) is 0. The molecule has 0 saturated heterocycles. The van der Waals surface area contributed by atoms with Crippen LogP contribution in [0.5, 0.6) is 0 Å². The number of rotatable bonds is 0. The van der Waals surface area contributed by atoms with Gasteiger partial charge in [0.2, 0.25) is 0 Å². The normalized spacial score (nSPS) is 0. The third-order valence-electron chi connectivity index (χ3n) is 0. The van der Waals surface area contributed by atoms with Crippen LogP contribution in [0.15, 0.2) is 0 Å². The summed E-state index contributed by atoms with van der Waals surface area (Å²) in [6, 6.07) is 0. The molecule has 6 N–H and O–H groups in total. The summed E-state index contributed by atoms with van der Waals surface area (Å²) in [5.41, 5.74) is 0. The smallest absolute Gasteiger partial charge is 0.870 e. The van der Waals surface area contributed by atoms with Crippen molar-refractivity contribution in [2.24, 2.45) is 0 Å². The minimum Gasteiger partial charge on any atom is -0.870 e. The molecule has 1 radical (unpaired) electrons. The summed E-state index contributed by atoms with van der Waals surface area (Å²) in [6.07, 6.45) is 0. The van der Waals surface area contributed by atoms with Crippen molar-refractivity contribution >= 4 is 0 Å². The van der Waals surface area contributed by atoms with Crippen LogP contribution in [0.2, 0.25) is 0 Å². The average molecular weight is 155 g/mol. The van der Waals surface area contributed by atoms with Gasteiger partial charge in [-0.25, -0.2) is 0 Å². The fourth-order valence-electron chi connectivity index (χ4n) is 0. The van der Waals surface area contributed by atoms with Crippen molar-refractivity contribution in [2.45, 2.75) is 0 Å². The van der Waals surface area contributed by atoms with Gasteiger partial charge in [0.15, 0.2) is 0 Å². The summed E-state index contributed by atoms with van der Waals surface area (Å²) >= 11 is 0. The van der Waals surface area contributed by atoms with Crippen LogP contribution in [0, 0.1) is 0 Å². The van der Waals surface area contributed by atoms with E-state index in [1.54, 1.807) is 0 Å². The summed E-state index contributed by atoms with van der Waals surface area (Å²) < 4.78 is 0. The molecule has 0 aromatic heterocycles. The Balaban J connectivity index is 0. The second-order valence-electron chi connectivity index (χ2n) is 0. The van der Waals surface area contributed by atoms with Crippen LogP contribution in [0.3, 0.4) is 0 Å². The van der Waals surface area contributed by atoms with Crippen LogP contribution in [-0.4, -0.2) is 16.4 Å². The maximum Gasteiger partial charge on any atom is 2.00 e. The summed E-state index contributed by atoms with van der Waals surface area (Å²) in [5.74, 6) is 0. The Bertz CT molecular complexity index is 10.8. The van der Waals surface area contributed by atoms with Gasteiger partial charge in [-0.1, -0.05) is 0 Å². The molecule has 0 aliphatic rings. The second-order valence-corrected chi connectivity index (χ2v) is 0. The first-order valence-corrected chi connectivity index (χ1v) is 0. The fraction of sp³-hybridized carbons (Fsp3) is 0. The van der Waals surface area contributed by atoms with Gasteiger partial charge in [0, 0.05) is 0 Å². The van der Waals surface area contributed by atoms with Crippen molar-refractivity contribution in [1.82, 2.24) is 6.15 Å². The van der Waals surface area contributed by atoms with Crippen LogP contribution < -0.4 is 35.7 Å². The Kier molecular flexibility index (Phi) is 2650. The monoisotopic (exact) mass is 154 g/mol. The second kappa shape index (κ2) is 98.8. The third-order valence-corrected chi connectivity index (χ3v) is 0. The molecule has 0 unspecified atom stereocenters. The van der Waals surface area contributed by atoms with Crippen molar-refractivity contribution < 1.29 is 63.1 Å². The minimum atomic E-state index is 0. The zero-order valence-electron chi connectivity index (χ0n) is 3.35. The molecule has 6 heteroatoms. The van der Waals surface area contributed by atoms with Crippen molar-refractivity contribution in [3.8, 4) is 0 Å². The van der Waals surface area contributed by atoms with E-state index in [0.29, 0.717) is 0 Å². The van der Waals surface area contributed by atoms with Crippen LogP contribution in [0.25, 0.3) is 0 Å². The van der Waals surface area contributed by atoms with E-state index in [1.807, 2.05) is 0 Å². The molecule has 0 aliphatic carbocycles. The van der Waals surface area contributed by atoms with Gasteiger partial charge < -0.3 is 22.6 Å². The van der Waals surface area contributed by atoms with Crippen molar-refractivity contribution in [3.05, 3.63) is 0 Å². The molecular formula is H6CuNNaO3. The Morgan fingerprint density at radius 1 is 0.667 bits per heavy atom. The maximum absolute atomic E-state index is 0. The average Bonchev–Trinajstić information content (AvgIpc) is 0. The molecule has 0 bridgehead atoms. The molecule has 0 aromatic rings. The molecule has 0 aliphatic heterocycles. The maximum atomic E-state index is 0. The largest absolute Gasteiger partial charge is 2.00 e. The van der Waals surface area contributed by atoms with E-state index in [-0.39, 0.29) is 69.2 Å². The van der Waals surface area contributed by atoms with Crippen LogP contribution in [0.1, 0.15) is 0 Å². The van der Waals surface area contributed by atoms with Gasteiger partial charge in [-0.2, -0.15) is 0 Å². The standard InChI is InChI=1S/Cu.H3N.Na.3H2O/h;1H3;;3*1H2/q+2;;+1;;;/p-3. The zero-order valence-corrected chi connectivity index (χ0v) is 6.29. The fourth-order valence-corrected chi connectivity index (χ4v) is 0. The minimum absolute atomic E-state index is 0. The number of hydrogen-bond donors (Lipinski definition) is 1. The molecule has 4 nitrogen and oxygen atoms in total. The van der Waals surface area contributed by atoms with Gasteiger partial charge in [0.05, 0.1) is 0 Å². The summed E-state index contributed by atoms with van der Waals surface area (Å²) in [7, 11) is 0. The predicted octanol–water partition coefficient (Wildman–Crippen LogP) is -3.37. The van der Waals surface area contributed by atoms with Gasteiger partial charge in [0.1, 0.15) is 0 Å². The first-order valence-electron chi connectivity index (χ1n) is 0. The van der Waals surface area contributed by atoms with E-state index < -0.39 is 0 Å². The van der Waals surface area contributed by atoms with E-state index in [1.165, 1.54) is 0 Å². The van der Waals surface area contributed by atoms with E-state index in [2.05, 4.69) is 0 Å². The first-order chi connectivity index (χ1) is 0. The summed E-state index contributed by atoms with van der Waals surface area (Å²) in [4.78, 5) is 0. The van der Waals surface area contributed by atoms with E-state index in [0.717, 1.165) is 0 Å². The molecule has 0 spiro atoms. The predicted molar refractivity (Wildman–Crippen MR) is 10.8 cm³/mol. The van der Waals surface area contributed by atoms with Crippen molar-refractivity contribution in [3.63, 3.8) is 0 Å². The van der Waals surface area contributed by atoms with Gasteiger partial charge >= 0.3 is 46.6 Å². The van der Waals surface area contributed by atoms with Crippen molar-refractivity contribution in [2.75, 3.05) is 0 Å². The van der Waals surface area contributed by atoms with Gasteiger partial charge in [-0.15, -0.1) is 0 Å². The molecule has 0 saturated carbocycles. The molecular weight excluding hydrogens is 149 g/mol. The molecule has 0 atom stereocenters. The van der Waals surface area contributed by atoms with Gasteiger partial charge in [0.25, 0.3) is 0 Å². The van der Waals surface area contributed by atoms with Crippen LogP contribution in [0.4, 0.5) is 0 Å². The van der Waals surface area contributed by atoms with E-state index >= 15 is 0 Å². The molecule has 0 fully saturated rings. The Morgan fingerprint density at radius 2 is 0.667 bits per heavy atom. The van der Waals surface area contributed by atoms with Crippen LogP contribution >= 0.6 is 0 Å². The van der Waals surface area contributed by atoms with E-state index in [4.69, 9.17) is 0 Å².